The zero-order valence-electron chi connectivity index (χ0n) is 11.8. The summed E-state index contributed by atoms with van der Waals surface area (Å²) in [5.41, 5.74) is 3.36. The minimum atomic E-state index is -0.138. The lowest BCUT2D eigenvalue weighted by Gasteiger charge is -2.21. The van der Waals surface area contributed by atoms with Gasteiger partial charge in [0.2, 0.25) is 0 Å². The van der Waals surface area contributed by atoms with Crippen molar-refractivity contribution in [2.24, 2.45) is 5.92 Å². The van der Waals surface area contributed by atoms with Crippen LogP contribution in [0.3, 0.4) is 0 Å². The molecule has 1 aromatic heterocycles. The van der Waals surface area contributed by atoms with E-state index in [1.165, 1.54) is 11.1 Å². The molecule has 1 heterocycles. The lowest BCUT2D eigenvalue weighted by molar-refractivity contribution is 0.391. The largest absolute Gasteiger partial charge is 0.361 e. The van der Waals surface area contributed by atoms with Crippen molar-refractivity contribution in [2.45, 2.75) is 40.0 Å². The zero-order valence-corrected chi connectivity index (χ0v) is 11.8. The quantitative estimate of drug-likeness (QED) is 0.775. The molecular weight excluding hydrogens is 222 g/mol. The lowest BCUT2D eigenvalue weighted by atomic mass is 9.80. The molecule has 2 heteroatoms. The van der Waals surface area contributed by atoms with Gasteiger partial charge in [0.05, 0.1) is 5.69 Å². The maximum Gasteiger partial charge on any atom is 0.138 e. The second-order valence-corrected chi connectivity index (χ2v) is 5.50. The van der Waals surface area contributed by atoms with Gasteiger partial charge in [0, 0.05) is 11.0 Å². The number of hydrogen-bond donors (Lipinski definition) is 0. The van der Waals surface area contributed by atoms with E-state index in [1.54, 1.807) is 0 Å². The molecule has 0 bridgehead atoms. The summed E-state index contributed by atoms with van der Waals surface area (Å²) in [6, 6.07) is 0. The highest BCUT2D eigenvalue weighted by Gasteiger charge is 2.28. The molecule has 2 rings (SSSR count). The van der Waals surface area contributed by atoms with Crippen LogP contribution in [0.15, 0.2) is 40.5 Å². The van der Waals surface area contributed by atoms with Gasteiger partial charge in [-0.25, -0.2) is 0 Å². The van der Waals surface area contributed by atoms with Gasteiger partial charge in [0.15, 0.2) is 0 Å². The highest BCUT2D eigenvalue weighted by molar-refractivity contribution is 5.45. The molecule has 0 amide bonds. The number of rotatable bonds is 2. The summed E-state index contributed by atoms with van der Waals surface area (Å²) < 4.78 is 5.29. The van der Waals surface area contributed by atoms with Gasteiger partial charge >= 0.3 is 0 Å². The Balaban J connectivity index is 2.44. The summed E-state index contributed by atoms with van der Waals surface area (Å²) in [5.74, 6) is 1.44. The molecule has 0 fully saturated rings. The van der Waals surface area contributed by atoms with Crippen molar-refractivity contribution < 1.29 is 4.52 Å². The predicted octanol–water partition coefficient (Wildman–Crippen LogP) is 4.26. The van der Waals surface area contributed by atoms with E-state index in [4.69, 9.17) is 4.52 Å². The molecule has 96 valence electrons. The number of aromatic nitrogens is 1. The van der Waals surface area contributed by atoms with E-state index < -0.39 is 0 Å². The van der Waals surface area contributed by atoms with E-state index in [2.05, 4.69) is 56.3 Å². The Morgan fingerprint density at radius 3 is 2.50 bits per heavy atom. The average molecular weight is 243 g/mol. The van der Waals surface area contributed by atoms with E-state index in [-0.39, 0.29) is 5.41 Å². The van der Waals surface area contributed by atoms with Crippen molar-refractivity contribution in [3.8, 4) is 0 Å². The Hall–Kier alpha value is -1.57. The van der Waals surface area contributed by atoms with Crippen molar-refractivity contribution in [3.63, 3.8) is 0 Å². The highest BCUT2D eigenvalue weighted by atomic mass is 16.5. The molecule has 18 heavy (non-hydrogen) atoms. The standard InChI is InChI=1S/C16H21NO/c1-11(2)14-7-6-9-16(5,10-8-14)15-12(3)17-18-13(15)4/h6-11H,1-5H3. The second kappa shape index (κ2) is 4.60. The molecule has 1 aliphatic carbocycles. The molecule has 1 unspecified atom stereocenters. The van der Waals surface area contributed by atoms with Crippen LogP contribution >= 0.6 is 0 Å². The third-order valence-electron chi connectivity index (χ3n) is 3.59. The fourth-order valence-corrected chi connectivity index (χ4v) is 2.54. The third kappa shape index (κ3) is 2.20. The first-order valence-corrected chi connectivity index (χ1v) is 6.46. The van der Waals surface area contributed by atoms with Gasteiger partial charge in [-0.05, 0) is 32.3 Å². The highest BCUT2D eigenvalue weighted by Crippen LogP contribution is 2.34. The Kier molecular flexibility index (Phi) is 3.29. The fourth-order valence-electron chi connectivity index (χ4n) is 2.54. The topological polar surface area (TPSA) is 26.0 Å². The van der Waals surface area contributed by atoms with Crippen LogP contribution in [0.2, 0.25) is 0 Å². The van der Waals surface area contributed by atoms with Crippen molar-refractivity contribution in [1.29, 1.82) is 0 Å². The first-order valence-electron chi connectivity index (χ1n) is 6.46. The summed E-state index contributed by atoms with van der Waals surface area (Å²) >= 11 is 0. The summed E-state index contributed by atoms with van der Waals surface area (Å²) in [5, 5.41) is 4.06. The monoisotopic (exact) mass is 243 g/mol. The van der Waals surface area contributed by atoms with Gasteiger partial charge < -0.3 is 4.52 Å². The Labute approximate surface area is 109 Å². The number of aryl methyl sites for hydroxylation is 2. The fraction of sp³-hybridized carbons (Fsp3) is 0.438. The van der Waals surface area contributed by atoms with Crippen molar-refractivity contribution >= 4 is 0 Å². The molecule has 1 atom stereocenters. The van der Waals surface area contributed by atoms with Gasteiger partial charge in [0.25, 0.3) is 0 Å². The van der Waals surface area contributed by atoms with Crippen LogP contribution < -0.4 is 0 Å². The average Bonchev–Trinajstić information content (AvgIpc) is 2.52. The lowest BCUT2D eigenvalue weighted by Crippen LogP contribution is -2.17. The van der Waals surface area contributed by atoms with E-state index in [0.717, 1.165) is 11.5 Å². The van der Waals surface area contributed by atoms with Crippen molar-refractivity contribution in [3.05, 3.63) is 53.0 Å². The number of allylic oxidation sites excluding steroid dienone is 6. The molecular formula is C16H21NO. The SMILES string of the molecule is Cc1noc(C)c1C1(C)C=CC=C(C(C)C)C=C1. The number of hydrogen-bond acceptors (Lipinski definition) is 2. The summed E-state index contributed by atoms with van der Waals surface area (Å²) in [6.45, 7) is 10.6. The van der Waals surface area contributed by atoms with Gasteiger partial charge in [-0.15, -0.1) is 0 Å². The minimum absolute atomic E-state index is 0.138. The van der Waals surface area contributed by atoms with Gasteiger partial charge in [-0.1, -0.05) is 49.4 Å². The molecule has 2 nitrogen and oxygen atoms in total. The van der Waals surface area contributed by atoms with Gasteiger partial charge in [-0.2, -0.15) is 0 Å². The maximum atomic E-state index is 5.29. The molecule has 1 aromatic rings. The number of nitrogens with zero attached hydrogens (tertiary/aromatic N) is 1. The van der Waals surface area contributed by atoms with Gasteiger partial charge in [-0.3, -0.25) is 0 Å². The van der Waals surface area contributed by atoms with Crippen LogP contribution in [0.4, 0.5) is 0 Å². The molecule has 0 radical (unpaired) electrons. The second-order valence-electron chi connectivity index (χ2n) is 5.50. The molecule has 0 N–H and O–H groups in total. The van der Waals surface area contributed by atoms with Crippen LogP contribution in [0.25, 0.3) is 0 Å². The summed E-state index contributed by atoms with van der Waals surface area (Å²) in [4.78, 5) is 0. The first kappa shape index (κ1) is 12.9. The van der Waals surface area contributed by atoms with Crippen LogP contribution in [0, 0.1) is 19.8 Å². The molecule has 0 saturated heterocycles. The minimum Gasteiger partial charge on any atom is -0.361 e. The molecule has 1 aliphatic rings. The summed E-state index contributed by atoms with van der Waals surface area (Å²) in [7, 11) is 0. The third-order valence-corrected chi connectivity index (χ3v) is 3.59. The Morgan fingerprint density at radius 1 is 1.22 bits per heavy atom. The molecule has 0 aromatic carbocycles. The van der Waals surface area contributed by atoms with Crippen molar-refractivity contribution in [1.82, 2.24) is 5.16 Å². The molecule has 0 aliphatic heterocycles. The van der Waals surface area contributed by atoms with Crippen LogP contribution in [0.1, 0.15) is 37.8 Å². The Bertz CT molecular complexity index is 512. The first-order chi connectivity index (χ1) is 8.44. The van der Waals surface area contributed by atoms with Crippen LogP contribution in [0.5, 0.6) is 0 Å². The molecule has 0 saturated carbocycles. The van der Waals surface area contributed by atoms with E-state index in [9.17, 15) is 0 Å². The maximum absolute atomic E-state index is 5.29. The van der Waals surface area contributed by atoms with Gasteiger partial charge in [0.1, 0.15) is 5.76 Å². The van der Waals surface area contributed by atoms with E-state index in [1.807, 2.05) is 13.8 Å². The van der Waals surface area contributed by atoms with E-state index in [0.29, 0.717) is 5.92 Å². The van der Waals surface area contributed by atoms with Crippen molar-refractivity contribution in [2.75, 3.05) is 0 Å². The smallest absolute Gasteiger partial charge is 0.138 e. The molecule has 0 spiro atoms. The van der Waals surface area contributed by atoms with Crippen LogP contribution in [-0.2, 0) is 5.41 Å². The summed E-state index contributed by atoms with van der Waals surface area (Å²) in [6.07, 6.45) is 11.0. The van der Waals surface area contributed by atoms with Crippen LogP contribution in [-0.4, -0.2) is 5.16 Å². The normalized spacial score (nSPS) is 23.3. The predicted molar refractivity (Wildman–Crippen MR) is 74.5 cm³/mol. The van der Waals surface area contributed by atoms with E-state index >= 15 is 0 Å². The zero-order chi connectivity index (χ0) is 13.3. The Morgan fingerprint density at radius 2 is 1.94 bits per heavy atom.